The van der Waals surface area contributed by atoms with E-state index in [1.54, 1.807) is 13.2 Å². The number of rotatable bonds is 3. The van der Waals surface area contributed by atoms with Crippen molar-refractivity contribution in [2.45, 2.75) is 11.8 Å². The van der Waals surface area contributed by atoms with E-state index in [4.69, 9.17) is 15.4 Å². The van der Waals surface area contributed by atoms with Gasteiger partial charge in [-0.25, -0.2) is 8.42 Å². The minimum atomic E-state index is -3.75. The third-order valence-electron chi connectivity index (χ3n) is 2.82. The molecule has 0 aliphatic heterocycles. The molecule has 0 aliphatic rings. The van der Waals surface area contributed by atoms with Crippen molar-refractivity contribution < 1.29 is 13.2 Å². The van der Waals surface area contributed by atoms with Gasteiger partial charge in [-0.2, -0.15) is 0 Å². The highest BCUT2D eigenvalue weighted by molar-refractivity contribution is 8.13. The zero-order valence-corrected chi connectivity index (χ0v) is 12.1. The molecule has 19 heavy (non-hydrogen) atoms. The molecule has 0 atom stereocenters. The van der Waals surface area contributed by atoms with Crippen molar-refractivity contribution in [3.63, 3.8) is 0 Å². The van der Waals surface area contributed by atoms with Crippen LogP contribution >= 0.6 is 10.7 Å². The van der Waals surface area contributed by atoms with Gasteiger partial charge in [-0.15, -0.1) is 0 Å². The van der Waals surface area contributed by atoms with Crippen LogP contribution in [0.2, 0.25) is 0 Å². The van der Waals surface area contributed by atoms with Crippen molar-refractivity contribution in [3.05, 3.63) is 48.0 Å². The van der Waals surface area contributed by atoms with E-state index in [9.17, 15) is 8.42 Å². The summed E-state index contributed by atoms with van der Waals surface area (Å²) in [7, 11) is 3.16. The molecule has 0 fully saturated rings. The molecule has 3 nitrogen and oxygen atoms in total. The van der Waals surface area contributed by atoms with Gasteiger partial charge in [0, 0.05) is 16.2 Å². The highest BCUT2D eigenvalue weighted by atomic mass is 35.7. The van der Waals surface area contributed by atoms with Gasteiger partial charge in [-0.1, -0.05) is 29.8 Å². The molecule has 0 saturated carbocycles. The second kappa shape index (κ2) is 5.23. The fourth-order valence-corrected chi connectivity index (χ4v) is 2.57. The summed E-state index contributed by atoms with van der Waals surface area (Å²) >= 11 is 0. The molecule has 0 unspecified atom stereocenters. The Labute approximate surface area is 117 Å². The van der Waals surface area contributed by atoms with E-state index in [0.717, 1.165) is 11.1 Å². The van der Waals surface area contributed by atoms with Crippen molar-refractivity contribution >= 4 is 19.7 Å². The maximum Gasteiger partial charge on any atom is 0.261 e. The molecule has 0 aromatic heterocycles. The summed E-state index contributed by atoms with van der Waals surface area (Å²) in [6.07, 6.45) is 0. The van der Waals surface area contributed by atoms with E-state index in [2.05, 4.69) is 0 Å². The molecule has 2 aromatic carbocycles. The molecular weight excluding hydrogens is 284 g/mol. The number of ether oxygens (including phenoxy) is 1. The van der Waals surface area contributed by atoms with E-state index in [1.165, 1.54) is 12.1 Å². The maximum atomic E-state index is 11.4. The van der Waals surface area contributed by atoms with Gasteiger partial charge >= 0.3 is 0 Å². The lowest BCUT2D eigenvalue weighted by atomic mass is 10.0. The van der Waals surface area contributed by atoms with Crippen molar-refractivity contribution in [2.24, 2.45) is 0 Å². The van der Waals surface area contributed by atoms with Crippen molar-refractivity contribution in [1.82, 2.24) is 0 Å². The molecule has 100 valence electrons. The third kappa shape index (κ3) is 3.08. The van der Waals surface area contributed by atoms with Gasteiger partial charge in [0.1, 0.15) is 5.75 Å². The minimum absolute atomic E-state index is 0.0607. The first-order chi connectivity index (χ1) is 8.91. The van der Waals surface area contributed by atoms with Crippen LogP contribution in [0.4, 0.5) is 0 Å². The summed E-state index contributed by atoms with van der Waals surface area (Å²) in [5, 5.41) is 0. The highest BCUT2D eigenvalue weighted by Crippen LogP contribution is 2.33. The van der Waals surface area contributed by atoms with Gasteiger partial charge in [0.15, 0.2) is 0 Å². The summed E-state index contributed by atoms with van der Waals surface area (Å²) in [6, 6.07) is 12.3. The van der Waals surface area contributed by atoms with Crippen LogP contribution in [0, 0.1) is 6.92 Å². The standard InChI is InChI=1S/C14H13ClO3S/c1-10-3-5-11(6-4-10)13-9-12(19(15,16)17)7-8-14(13)18-2/h3-9H,1-2H3. The quantitative estimate of drug-likeness (QED) is 0.813. The Morgan fingerprint density at radius 2 is 1.68 bits per heavy atom. The average Bonchev–Trinajstić information content (AvgIpc) is 2.38. The largest absolute Gasteiger partial charge is 0.496 e. The third-order valence-corrected chi connectivity index (χ3v) is 4.17. The van der Waals surface area contributed by atoms with Crippen LogP contribution < -0.4 is 4.74 Å². The molecule has 0 radical (unpaired) electrons. The van der Waals surface area contributed by atoms with Crippen LogP contribution in [0.25, 0.3) is 11.1 Å². The molecule has 0 bridgehead atoms. The van der Waals surface area contributed by atoms with Crippen LogP contribution in [0.1, 0.15) is 5.56 Å². The number of halogens is 1. The van der Waals surface area contributed by atoms with Crippen molar-refractivity contribution in [3.8, 4) is 16.9 Å². The molecule has 0 aliphatic carbocycles. The number of methoxy groups -OCH3 is 1. The molecule has 2 aromatic rings. The van der Waals surface area contributed by atoms with E-state index < -0.39 is 9.05 Å². The fourth-order valence-electron chi connectivity index (χ4n) is 1.80. The molecular formula is C14H13ClO3S. The SMILES string of the molecule is COc1ccc(S(=O)(=O)Cl)cc1-c1ccc(C)cc1. The second-order valence-electron chi connectivity index (χ2n) is 4.17. The molecule has 0 saturated heterocycles. The maximum absolute atomic E-state index is 11.4. The Hall–Kier alpha value is -1.52. The zero-order valence-electron chi connectivity index (χ0n) is 10.6. The van der Waals surface area contributed by atoms with E-state index in [1.807, 2.05) is 31.2 Å². The summed E-state index contributed by atoms with van der Waals surface area (Å²) in [5.41, 5.74) is 2.71. The lowest BCUT2D eigenvalue weighted by Gasteiger charge is -2.10. The molecule has 5 heteroatoms. The predicted molar refractivity (Wildman–Crippen MR) is 76.2 cm³/mol. The van der Waals surface area contributed by atoms with Crippen molar-refractivity contribution in [1.29, 1.82) is 0 Å². The van der Waals surface area contributed by atoms with Gasteiger partial charge in [0.05, 0.1) is 12.0 Å². The van der Waals surface area contributed by atoms with Crippen LogP contribution in [-0.2, 0) is 9.05 Å². The summed E-state index contributed by atoms with van der Waals surface area (Å²) in [6.45, 7) is 1.99. The molecule has 2 rings (SSSR count). The molecule has 0 amide bonds. The Morgan fingerprint density at radius 1 is 1.05 bits per heavy atom. The highest BCUT2D eigenvalue weighted by Gasteiger charge is 2.14. The lowest BCUT2D eigenvalue weighted by Crippen LogP contribution is -1.94. The lowest BCUT2D eigenvalue weighted by molar-refractivity contribution is 0.416. The van der Waals surface area contributed by atoms with E-state index in [0.29, 0.717) is 11.3 Å². The van der Waals surface area contributed by atoms with Gasteiger partial charge in [-0.3, -0.25) is 0 Å². The number of hydrogen-bond acceptors (Lipinski definition) is 3. The van der Waals surface area contributed by atoms with Gasteiger partial charge in [0.25, 0.3) is 9.05 Å². The van der Waals surface area contributed by atoms with E-state index >= 15 is 0 Å². The first-order valence-corrected chi connectivity index (χ1v) is 7.92. The summed E-state index contributed by atoms with van der Waals surface area (Å²) in [5.74, 6) is 0.605. The Balaban J connectivity index is 2.63. The van der Waals surface area contributed by atoms with Crippen LogP contribution in [0.3, 0.4) is 0 Å². The molecule has 0 N–H and O–H groups in total. The van der Waals surface area contributed by atoms with Crippen LogP contribution in [0.5, 0.6) is 5.75 Å². The monoisotopic (exact) mass is 296 g/mol. The van der Waals surface area contributed by atoms with E-state index in [-0.39, 0.29) is 4.90 Å². The fraction of sp³-hybridized carbons (Fsp3) is 0.143. The first kappa shape index (κ1) is 13.9. The van der Waals surface area contributed by atoms with Crippen molar-refractivity contribution in [2.75, 3.05) is 7.11 Å². The summed E-state index contributed by atoms with van der Waals surface area (Å²) < 4.78 is 28.0. The first-order valence-electron chi connectivity index (χ1n) is 5.61. The smallest absolute Gasteiger partial charge is 0.261 e. The molecule has 0 heterocycles. The van der Waals surface area contributed by atoms with Crippen LogP contribution in [-0.4, -0.2) is 15.5 Å². The minimum Gasteiger partial charge on any atom is -0.496 e. The Bertz CT molecular complexity index is 691. The zero-order chi connectivity index (χ0) is 14.0. The van der Waals surface area contributed by atoms with Gasteiger partial charge in [-0.05, 0) is 30.7 Å². The van der Waals surface area contributed by atoms with Gasteiger partial charge < -0.3 is 4.74 Å². The number of aryl methyl sites for hydroxylation is 1. The summed E-state index contributed by atoms with van der Waals surface area (Å²) in [4.78, 5) is 0.0607. The molecule has 0 spiro atoms. The second-order valence-corrected chi connectivity index (χ2v) is 6.73. The number of hydrogen-bond donors (Lipinski definition) is 0. The normalized spacial score (nSPS) is 11.3. The predicted octanol–water partition coefficient (Wildman–Crippen LogP) is 3.60. The number of benzene rings is 2. The topological polar surface area (TPSA) is 43.4 Å². The Morgan fingerprint density at radius 3 is 2.21 bits per heavy atom. The van der Waals surface area contributed by atoms with Crippen LogP contribution in [0.15, 0.2) is 47.4 Å². The average molecular weight is 297 g/mol. The van der Waals surface area contributed by atoms with Gasteiger partial charge in [0.2, 0.25) is 0 Å². The Kier molecular flexibility index (Phi) is 3.83.